The molecule has 7 nitrogen and oxygen atoms in total. The minimum Gasteiger partial charge on any atom is -0.493 e. The lowest BCUT2D eigenvalue weighted by Crippen LogP contribution is -2.23. The second kappa shape index (κ2) is 13.2. The summed E-state index contributed by atoms with van der Waals surface area (Å²) in [4.78, 5) is 24.8. The standard InChI is InChI=1S/C26H20Cl2IN3O4/c1-35-23-11-17(9-18(13-30)26(34)31-14-16-5-3-2-4-6-16)10-22(29)25(23)36-15-24(33)32-19-7-8-20(27)21(28)12-19/h2-12H,14-15H2,1H3,(H,31,34)(H,32,33)/b18-9+. The molecule has 0 aliphatic rings. The smallest absolute Gasteiger partial charge is 0.262 e. The molecule has 2 amide bonds. The molecule has 3 aromatic carbocycles. The molecule has 184 valence electrons. The van der Waals surface area contributed by atoms with Gasteiger partial charge in [0.25, 0.3) is 11.8 Å². The van der Waals surface area contributed by atoms with Gasteiger partial charge in [0.1, 0.15) is 11.6 Å². The van der Waals surface area contributed by atoms with Crippen LogP contribution in [0.1, 0.15) is 11.1 Å². The van der Waals surface area contributed by atoms with Crippen molar-refractivity contribution in [1.82, 2.24) is 5.32 Å². The van der Waals surface area contributed by atoms with Crippen LogP contribution in [-0.2, 0) is 16.1 Å². The number of carbonyl (C=O) groups excluding carboxylic acids is 2. The molecule has 2 N–H and O–H groups in total. The molecule has 0 aromatic heterocycles. The van der Waals surface area contributed by atoms with Gasteiger partial charge in [-0.3, -0.25) is 9.59 Å². The topological polar surface area (TPSA) is 100 Å². The van der Waals surface area contributed by atoms with Crippen molar-refractivity contribution in [1.29, 1.82) is 5.26 Å². The Labute approximate surface area is 232 Å². The number of halogens is 3. The maximum absolute atomic E-state index is 12.5. The lowest BCUT2D eigenvalue weighted by Gasteiger charge is -2.14. The van der Waals surface area contributed by atoms with Gasteiger partial charge in [-0.05, 0) is 70.1 Å². The van der Waals surface area contributed by atoms with Gasteiger partial charge >= 0.3 is 0 Å². The van der Waals surface area contributed by atoms with Crippen LogP contribution in [0, 0.1) is 14.9 Å². The molecular formula is C26H20Cl2IN3O4. The number of carbonyl (C=O) groups is 2. The molecule has 0 bridgehead atoms. The van der Waals surface area contributed by atoms with E-state index in [1.54, 1.807) is 24.3 Å². The number of nitriles is 1. The molecule has 0 radical (unpaired) electrons. The second-order valence-corrected chi connectivity index (χ2v) is 9.31. The molecular weight excluding hydrogens is 616 g/mol. The van der Waals surface area contributed by atoms with Crippen LogP contribution in [0.15, 0.2) is 66.2 Å². The Morgan fingerprint density at radius 2 is 1.83 bits per heavy atom. The number of amides is 2. The molecule has 3 rings (SSSR count). The number of nitrogens with zero attached hydrogens (tertiary/aromatic N) is 1. The van der Waals surface area contributed by atoms with Gasteiger partial charge in [-0.2, -0.15) is 5.26 Å². The number of nitrogens with one attached hydrogen (secondary N) is 2. The average Bonchev–Trinajstić information content (AvgIpc) is 2.87. The van der Waals surface area contributed by atoms with Crippen molar-refractivity contribution in [2.45, 2.75) is 6.54 Å². The molecule has 10 heteroatoms. The number of hydrogen-bond donors (Lipinski definition) is 2. The molecule has 0 saturated carbocycles. The summed E-state index contributed by atoms with van der Waals surface area (Å²) < 4.78 is 11.7. The Hall–Kier alpha value is -3.26. The Bertz CT molecular complexity index is 1340. The molecule has 36 heavy (non-hydrogen) atoms. The van der Waals surface area contributed by atoms with Crippen molar-refractivity contribution in [3.63, 3.8) is 0 Å². The van der Waals surface area contributed by atoms with Gasteiger partial charge < -0.3 is 20.1 Å². The maximum atomic E-state index is 12.5. The van der Waals surface area contributed by atoms with E-state index in [9.17, 15) is 14.9 Å². The first-order chi connectivity index (χ1) is 17.3. The van der Waals surface area contributed by atoms with E-state index in [1.807, 2.05) is 59.0 Å². The molecule has 0 heterocycles. The largest absolute Gasteiger partial charge is 0.493 e. The lowest BCUT2D eigenvalue weighted by atomic mass is 10.1. The highest BCUT2D eigenvalue weighted by molar-refractivity contribution is 14.1. The van der Waals surface area contributed by atoms with Crippen molar-refractivity contribution >= 4 is 69.4 Å². The minimum atomic E-state index is -0.491. The van der Waals surface area contributed by atoms with E-state index in [4.69, 9.17) is 32.7 Å². The van der Waals surface area contributed by atoms with Crippen molar-refractivity contribution < 1.29 is 19.1 Å². The Kier molecular flexibility index (Phi) is 9.99. The van der Waals surface area contributed by atoms with E-state index >= 15 is 0 Å². The molecule has 3 aromatic rings. The molecule has 0 saturated heterocycles. The van der Waals surface area contributed by atoms with Crippen LogP contribution in [-0.4, -0.2) is 25.5 Å². The number of hydrogen-bond acceptors (Lipinski definition) is 5. The molecule has 0 spiro atoms. The summed E-state index contributed by atoms with van der Waals surface area (Å²) in [5, 5.41) is 15.6. The molecule has 0 aliphatic carbocycles. The zero-order chi connectivity index (χ0) is 26.1. The van der Waals surface area contributed by atoms with Gasteiger partial charge in [0.2, 0.25) is 0 Å². The van der Waals surface area contributed by atoms with Gasteiger partial charge in [-0.25, -0.2) is 0 Å². The van der Waals surface area contributed by atoms with Crippen LogP contribution in [0.3, 0.4) is 0 Å². The predicted octanol–water partition coefficient (Wildman–Crippen LogP) is 5.85. The maximum Gasteiger partial charge on any atom is 0.262 e. The Balaban J connectivity index is 1.69. The Morgan fingerprint density at radius 3 is 2.50 bits per heavy atom. The van der Waals surface area contributed by atoms with Crippen molar-refractivity contribution in [2.75, 3.05) is 19.0 Å². The summed E-state index contributed by atoms with van der Waals surface area (Å²) in [5.41, 5.74) is 1.91. The van der Waals surface area contributed by atoms with E-state index in [0.29, 0.717) is 42.9 Å². The summed E-state index contributed by atoms with van der Waals surface area (Å²) in [6.45, 7) is 0.0176. The number of methoxy groups -OCH3 is 1. The highest BCUT2D eigenvalue weighted by Gasteiger charge is 2.15. The van der Waals surface area contributed by atoms with Gasteiger partial charge in [0.15, 0.2) is 18.1 Å². The predicted molar refractivity (Wildman–Crippen MR) is 148 cm³/mol. The van der Waals surface area contributed by atoms with E-state index in [0.717, 1.165) is 5.56 Å². The first kappa shape index (κ1) is 27.3. The number of benzene rings is 3. The van der Waals surface area contributed by atoms with Crippen LogP contribution in [0.5, 0.6) is 11.5 Å². The van der Waals surface area contributed by atoms with Gasteiger partial charge in [-0.15, -0.1) is 0 Å². The average molecular weight is 636 g/mol. The summed E-state index contributed by atoms with van der Waals surface area (Å²) in [5.74, 6) is -0.198. The van der Waals surface area contributed by atoms with E-state index < -0.39 is 11.8 Å². The first-order valence-electron chi connectivity index (χ1n) is 10.5. The van der Waals surface area contributed by atoms with Gasteiger partial charge in [0, 0.05) is 12.2 Å². The van der Waals surface area contributed by atoms with E-state index in [1.165, 1.54) is 19.3 Å². The quantitative estimate of drug-likeness (QED) is 0.175. The Morgan fingerprint density at radius 1 is 1.08 bits per heavy atom. The lowest BCUT2D eigenvalue weighted by molar-refractivity contribution is -0.118. The SMILES string of the molecule is COc1cc(/C=C(\C#N)C(=O)NCc2ccccc2)cc(I)c1OCC(=O)Nc1ccc(Cl)c(Cl)c1. The van der Waals surface area contributed by atoms with Crippen LogP contribution in [0.2, 0.25) is 10.0 Å². The van der Waals surface area contributed by atoms with Gasteiger partial charge in [0.05, 0.1) is 20.7 Å². The monoisotopic (exact) mass is 635 g/mol. The number of rotatable bonds is 9. The van der Waals surface area contributed by atoms with Crippen molar-refractivity contribution in [3.8, 4) is 17.6 Å². The van der Waals surface area contributed by atoms with Crippen LogP contribution < -0.4 is 20.1 Å². The fourth-order valence-corrected chi connectivity index (χ4v) is 4.14. The summed E-state index contributed by atoms with van der Waals surface area (Å²) >= 11 is 13.9. The number of anilines is 1. The molecule has 0 unspecified atom stereocenters. The normalized spacial score (nSPS) is 10.8. The fourth-order valence-electron chi connectivity index (χ4n) is 3.06. The molecule has 0 fully saturated rings. The third-order valence-corrected chi connectivity index (χ3v) is 6.32. The van der Waals surface area contributed by atoms with Crippen LogP contribution in [0.4, 0.5) is 5.69 Å². The molecule has 0 atom stereocenters. The van der Waals surface area contributed by atoms with Crippen LogP contribution in [0.25, 0.3) is 6.08 Å². The highest BCUT2D eigenvalue weighted by atomic mass is 127. The van der Waals surface area contributed by atoms with Gasteiger partial charge in [-0.1, -0.05) is 53.5 Å². The summed E-state index contributed by atoms with van der Waals surface area (Å²) in [6, 6.07) is 19.4. The van der Waals surface area contributed by atoms with Crippen molar-refractivity contribution in [2.24, 2.45) is 0 Å². The highest BCUT2D eigenvalue weighted by Crippen LogP contribution is 2.34. The molecule has 0 aliphatic heterocycles. The zero-order valence-electron chi connectivity index (χ0n) is 19.0. The van der Waals surface area contributed by atoms with E-state index in [-0.39, 0.29) is 12.2 Å². The summed E-state index contributed by atoms with van der Waals surface area (Å²) in [6.07, 6.45) is 1.46. The first-order valence-corrected chi connectivity index (χ1v) is 12.3. The number of ether oxygens (including phenoxy) is 2. The third kappa shape index (κ3) is 7.62. The third-order valence-electron chi connectivity index (χ3n) is 4.77. The zero-order valence-corrected chi connectivity index (χ0v) is 22.6. The van der Waals surface area contributed by atoms with E-state index in [2.05, 4.69) is 10.6 Å². The summed E-state index contributed by atoms with van der Waals surface area (Å²) in [7, 11) is 1.46. The van der Waals surface area contributed by atoms with Crippen LogP contribution >= 0.6 is 45.8 Å². The van der Waals surface area contributed by atoms with Crippen molar-refractivity contribution in [3.05, 3.63) is 91.0 Å². The fraction of sp³-hybridized carbons (Fsp3) is 0.115. The second-order valence-electron chi connectivity index (χ2n) is 7.34. The minimum absolute atomic E-state index is 0.0570.